The summed E-state index contributed by atoms with van der Waals surface area (Å²) in [5.41, 5.74) is 3.86. The molecule has 0 aliphatic heterocycles. The number of carbonyl (C=O) groups is 1. The second-order valence-corrected chi connectivity index (χ2v) is 5.36. The van der Waals surface area contributed by atoms with Gasteiger partial charge in [-0.15, -0.1) is 0 Å². The molecule has 82 valence electrons. The molecule has 16 heavy (non-hydrogen) atoms. The van der Waals surface area contributed by atoms with E-state index in [9.17, 15) is 4.79 Å². The Hall–Kier alpha value is -0.930. The monoisotopic (exact) mass is 294 g/mol. The minimum Gasteiger partial charge on any atom is -0.289 e. The van der Waals surface area contributed by atoms with E-state index in [1.54, 1.807) is 0 Å². The highest BCUT2D eigenvalue weighted by Crippen LogP contribution is 2.24. The van der Waals surface area contributed by atoms with Crippen LogP contribution in [0.1, 0.15) is 27.0 Å². The van der Waals surface area contributed by atoms with Gasteiger partial charge in [0.2, 0.25) is 0 Å². The van der Waals surface area contributed by atoms with Crippen molar-refractivity contribution in [2.75, 3.05) is 0 Å². The molecule has 0 atom stereocenters. The number of hydrogen-bond acceptors (Lipinski definition) is 2. The van der Waals surface area contributed by atoms with Crippen molar-refractivity contribution >= 4 is 33.0 Å². The summed E-state index contributed by atoms with van der Waals surface area (Å²) in [6.45, 7) is 4.07. The van der Waals surface area contributed by atoms with Crippen molar-refractivity contribution in [2.45, 2.75) is 13.8 Å². The Bertz CT molecular complexity index is 543. The summed E-state index contributed by atoms with van der Waals surface area (Å²) >= 11 is 4.92. The summed E-state index contributed by atoms with van der Waals surface area (Å²) in [6, 6.07) is 5.82. The lowest BCUT2D eigenvalue weighted by atomic mass is 10.0. The molecule has 0 N–H and O–H groups in total. The highest BCUT2D eigenvalue weighted by molar-refractivity contribution is 9.10. The fraction of sp³-hybridized carbons (Fsp3) is 0.154. The zero-order chi connectivity index (χ0) is 11.7. The van der Waals surface area contributed by atoms with Crippen LogP contribution >= 0.6 is 27.3 Å². The zero-order valence-electron chi connectivity index (χ0n) is 9.08. The van der Waals surface area contributed by atoms with Crippen molar-refractivity contribution in [2.24, 2.45) is 0 Å². The summed E-state index contributed by atoms with van der Waals surface area (Å²) in [6.07, 6.45) is 0. The van der Waals surface area contributed by atoms with Crippen LogP contribution in [0.25, 0.3) is 0 Å². The van der Waals surface area contributed by atoms with Gasteiger partial charge in [0.05, 0.1) is 0 Å². The maximum atomic E-state index is 12.2. The van der Waals surface area contributed by atoms with E-state index in [-0.39, 0.29) is 5.78 Å². The SMILES string of the molecule is Cc1ccc(C(=O)c2cscc2Br)cc1C. The number of halogens is 1. The van der Waals surface area contributed by atoms with Crippen molar-refractivity contribution in [1.29, 1.82) is 0 Å². The minimum absolute atomic E-state index is 0.0798. The summed E-state index contributed by atoms with van der Waals surface area (Å²) in [5, 5.41) is 3.80. The van der Waals surface area contributed by atoms with Crippen molar-refractivity contribution in [1.82, 2.24) is 0 Å². The summed E-state index contributed by atoms with van der Waals surface area (Å²) in [5.74, 6) is 0.0798. The molecule has 0 saturated heterocycles. The van der Waals surface area contributed by atoms with Crippen molar-refractivity contribution in [3.63, 3.8) is 0 Å². The van der Waals surface area contributed by atoms with Gasteiger partial charge in [-0.25, -0.2) is 0 Å². The molecule has 1 aromatic carbocycles. The fourth-order valence-corrected chi connectivity index (χ4v) is 2.94. The minimum atomic E-state index is 0.0798. The lowest BCUT2D eigenvalue weighted by molar-refractivity contribution is 0.103. The molecule has 0 radical (unpaired) electrons. The van der Waals surface area contributed by atoms with Gasteiger partial charge >= 0.3 is 0 Å². The third-order valence-corrected chi connectivity index (χ3v) is 4.33. The number of ketones is 1. The van der Waals surface area contributed by atoms with E-state index in [4.69, 9.17) is 0 Å². The van der Waals surface area contributed by atoms with Gasteiger partial charge in [-0.3, -0.25) is 4.79 Å². The van der Waals surface area contributed by atoms with Crippen LogP contribution in [-0.2, 0) is 0 Å². The Morgan fingerprint density at radius 2 is 1.94 bits per heavy atom. The molecule has 1 aromatic heterocycles. The number of carbonyl (C=O) groups excluding carboxylic acids is 1. The largest absolute Gasteiger partial charge is 0.289 e. The van der Waals surface area contributed by atoms with Gasteiger partial charge in [0.25, 0.3) is 0 Å². The average Bonchev–Trinajstić information content (AvgIpc) is 2.67. The van der Waals surface area contributed by atoms with Crippen molar-refractivity contribution < 1.29 is 4.79 Å². The summed E-state index contributed by atoms with van der Waals surface area (Å²) in [7, 11) is 0. The highest BCUT2D eigenvalue weighted by atomic mass is 79.9. The molecule has 0 amide bonds. The van der Waals surface area contributed by atoms with Gasteiger partial charge in [-0.1, -0.05) is 12.1 Å². The molecule has 1 heterocycles. The predicted octanol–water partition coefficient (Wildman–Crippen LogP) is 4.36. The van der Waals surface area contributed by atoms with E-state index < -0.39 is 0 Å². The van der Waals surface area contributed by atoms with Gasteiger partial charge in [-0.2, -0.15) is 11.3 Å². The molecule has 3 heteroatoms. The lowest BCUT2D eigenvalue weighted by Crippen LogP contribution is -2.01. The first kappa shape index (κ1) is 11.6. The maximum Gasteiger partial charge on any atom is 0.195 e. The molecule has 2 rings (SSSR count). The van der Waals surface area contributed by atoms with E-state index in [2.05, 4.69) is 15.9 Å². The van der Waals surface area contributed by atoms with E-state index in [1.165, 1.54) is 16.9 Å². The predicted molar refractivity (Wildman–Crippen MR) is 71.4 cm³/mol. The van der Waals surface area contributed by atoms with Crippen LogP contribution in [0.5, 0.6) is 0 Å². The Kier molecular flexibility index (Phi) is 3.26. The molecular weight excluding hydrogens is 284 g/mol. The maximum absolute atomic E-state index is 12.2. The average molecular weight is 295 g/mol. The Balaban J connectivity index is 2.42. The molecule has 0 unspecified atom stereocenters. The Morgan fingerprint density at radius 1 is 1.19 bits per heavy atom. The van der Waals surface area contributed by atoms with Crippen LogP contribution in [-0.4, -0.2) is 5.78 Å². The molecule has 0 saturated carbocycles. The first-order valence-electron chi connectivity index (χ1n) is 4.93. The number of hydrogen-bond donors (Lipinski definition) is 0. The quantitative estimate of drug-likeness (QED) is 0.752. The number of benzene rings is 1. The van der Waals surface area contributed by atoms with Crippen molar-refractivity contribution in [3.8, 4) is 0 Å². The van der Waals surface area contributed by atoms with Crippen molar-refractivity contribution in [3.05, 3.63) is 55.7 Å². The van der Waals surface area contributed by atoms with E-state index in [0.29, 0.717) is 0 Å². The van der Waals surface area contributed by atoms with E-state index in [1.807, 2.05) is 42.8 Å². The third kappa shape index (κ3) is 2.11. The van der Waals surface area contributed by atoms with Gasteiger partial charge in [0.15, 0.2) is 5.78 Å². The molecule has 0 fully saturated rings. The summed E-state index contributed by atoms with van der Waals surface area (Å²) in [4.78, 5) is 12.2. The summed E-state index contributed by atoms with van der Waals surface area (Å²) < 4.78 is 0.876. The van der Waals surface area contributed by atoms with E-state index >= 15 is 0 Å². The number of rotatable bonds is 2. The van der Waals surface area contributed by atoms with Crippen LogP contribution in [0.2, 0.25) is 0 Å². The molecule has 0 aliphatic carbocycles. The number of thiophene rings is 1. The third-order valence-electron chi connectivity index (χ3n) is 2.63. The molecule has 0 spiro atoms. The van der Waals surface area contributed by atoms with Crippen LogP contribution in [0.3, 0.4) is 0 Å². The first-order chi connectivity index (χ1) is 7.59. The smallest absolute Gasteiger partial charge is 0.195 e. The Morgan fingerprint density at radius 3 is 2.50 bits per heavy atom. The number of aryl methyl sites for hydroxylation is 2. The second-order valence-electron chi connectivity index (χ2n) is 3.76. The van der Waals surface area contributed by atoms with E-state index in [0.717, 1.165) is 21.2 Å². The van der Waals surface area contributed by atoms with Crippen LogP contribution in [0.4, 0.5) is 0 Å². The Labute approximate surface area is 107 Å². The lowest BCUT2D eigenvalue weighted by Gasteiger charge is -2.03. The standard InChI is InChI=1S/C13H11BrOS/c1-8-3-4-10(5-9(8)2)13(15)11-6-16-7-12(11)14/h3-7H,1-2H3. The van der Waals surface area contributed by atoms with Crippen LogP contribution in [0, 0.1) is 13.8 Å². The second kappa shape index (κ2) is 4.52. The molecule has 0 aliphatic rings. The molecule has 2 aromatic rings. The molecular formula is C13H11BrOS. The van der Waals surface area contributed by atoms with Crippen LogP contribution < -0.4 is 0 Å². The molecule has 0 bridgehead atoms. The fourth-order valence-electron chi connectivity index (χ4n) is 1.48. The molecule has 1 nitrogen and oxygen atoms in total. The highest BCUT2D eigenvalue weighted by Gasteiger charge is 2.13. The van der Waals surface area contributed by atoms with Gasteiger partial charge < -0.3 is 0 Å². The van der Waals surface area contributed by atoms with Gasteiger partial charge in [0.1, 0.15) is 0 Å². The van der Waals surface area contributed by atoms with Gasteiger partial charge in [-0.05, 0) is 47.0 Å². The first-order valence-corrected chi connectivity index (χ1v) is 6.67. The van der Waals surface area contributed by atoms with Crippen LogP contribution in [0.15, 0.2) is 33.4 Å². The normalized spacial score (nSPS) is 10.4. The topological polar surface area (TPSA) is 17.1 Å². The van der Waals surface area contributed by atoms with Gasteiger partial charge in [0, 0.05) is 26.4 Å². The zero-order valence-corrected chi connectivity index (χ0v) is 11.5.